The summed E-state index contributed by atoms with van der Waals surface area (Å²) in [5, 5.41) is 7.28. The quantitative estimate of drug-likeness (QED) is 0.760. The van der Waals surface area contributed by atoms with Gasteiger partial charge in [-0.25, -0.2) is 4.98 Å². The summed E-state index contributed by atoms with van der Waals surface area (Å²) in [6.07, 6.45) is 2.41. The number of hydrogen-bond acceptors (Lipinski definition) is 5. The maximum atomic E-state index is 11.3. The third-order valence-corrected chi connectivity index (χ3v) is 3.23. The topological polar surface area (TPSA) is 94.0 Å². The van der Waals surface area contributed by atoms with Gasteiger partial charge in [-0.2, -0.15) is 11.3 Å². The predicted octanol–water partition coefficient (Wildman–Crippen LogP) is 1.48. The maximum Gasteiger partial charge on any atom is 0.250 e. The highest BCUT2D eigenvalue weighted by Gasteiger charge is 2.09. The van der Waals surface area contributed by atoms with Crippen LogP contribution < -0.4 is 16.8 Å². The molecule has 1 amide bonds. The van der Waals surface area contributed by atoms with Crippen molar-refractivity contribution in [2.75, 3.05) is 17.6 Å². The second-order valence-corrected chi connectivity index (χ2v) is 4.61. The van der Waals surface area contributed by atoms with Gasteiger partial charge < -0.3 is 16.8 Å². The van der Waals surface area contributed by atoms with E-state index >= 15 is 0 Å². The van der Waals surface area contributed by atoms with E-state index in [1.807, 2.05) is 5.38 Å². The summed E-state index contributed by atoms with van der Waals surface area (Å²) in [7, 11) is 0. The van der Waals surface area contributed by atoms with Crippen molar-refractivity contribution in [1.82, 2.24) is 4.98 Å². The minimum Gasteiger partial charge on any atom is -0.384 e. The van der Waals surface area contributed by atoms with Gasteiger partial charge in [-0.3, -0.25) is 4.79 Å². The van der Waals surface area contributed by atoms with Crippen molar-refractivity contribution < 1.29 is 4.79 Å². The van der Waals surface area contributed by atoms with E-state index in [0.29, 0.717) is 17.8 Å². The van der Waals surface area contributed by atoms with Gasteiger partial charge in [0.25, 0.3) is 5.91 Å². The monoisotopic (exact) mass is 262 g/mol. The van der Waals surface area contributed by atoms with Crippen molar-refractivity contribution in [3.8, 4) is 0 Å². The van der Waals surface area contributed by atoms with Gasteiger partial charge in [-0.15, -0.1) is 0 Å². The lowest BCUT2D eigenvalue weighted by molar-refractivity contribution is 0.100. The van der Waals surface area contributed by atoms with Crippen LogP contribution in [0.5, 0.6) is 0 Å². The van der Waals surface area contributed by atoms with Crippen LogP contribution in [0.4, 0.5) is 11.5 Å². The molecule has 5 nitrogen and oxygen atoms in total. The van der Waals surface area contributed by atoms with Crippen LogP contribution in [0.2, 0.25) is 0 Å². The summed E-state index contributed by atoms with van der Waals surface area (Å²) in [4.78, 5) is 15.2. The van der Waals surface area contributed by atoms with Crippen LogP contribution in [-0.4, -0.2) is 17.4 Å². The Morgan fingerprint density at radius 2 is 2.33 bits per heavy atom. The number of amides is 1. The molecule has 94 valence electrons. The van der Waals surface area contributed by atoms with Crippen LogP contribution in [0.15, 0.2) is 29.1 Å². The van der Waals surface area contributed by atoms with Gasteiger partial charge in [-0.1, -0.05) is 0 Å². The lowest BCUT2D eigenvalue weighted by Gasteiger charge is -2.09. The Balaban J connectivity index is 2.02. The molecular formula is C12H14N4OS. The third-order valence-electron chi connectivity index (χ3n) is 2.50. The Bertz CT molecular complexity index is 539. The number of hydrogen-bond donors (Lipinski definition) is 3. The molecule has 0 aromatic carbocycles. The van der Waals surface area contributed by atoms with E-state index in [1.165, 1.54) is 17.8 Å². The van der Waals surface area contributed by atoms with Crippen LogP contribution in [-0.2, 0) is 6.42 Å². The smallest absolute Gasteiger partial charge is 0.250 e. The Labute approximate surface area is 109 Å². The molecule has 0 bridgehead atoms. The third kappa shape index (κ3) is 2.98. The van der Waals surface area contributed by atoms with Crippen molar-refractivity contribution in [3.63, 3.8) is 0 Å². The fraction of sp³-hybridized carbons (Fsp3) is 0.167. The highest BCUT2D eigenvalue weighted by molar-refractivity contribution is 7.07. The first-order valence-electron chi connectivity index (χ1n) is 5.47. The Morgan fingerprint density at radius 3 is 3.00 bits per heavy atom. The molecule has 2 aromatic heterocycles. The summed E-state index contributed by atoms with van der Waals surface area (Å²) in [6.45, 7) is 0.711. The number of pyridine rings is 1. The number of carbonyl (C=O) groups excluding carboxylic acids is 1. The molecule has 0 radical (unpaired) electrons. The number of aromatic nitrogens is 1. The number of primary amides is 1. The zero-order valence-electron chi connectivity index (χ0n) is 9.72. The van der Waals surface area contributed by atoms with Crippen LogP contribution in [0, 0.1) is 0 Å². The van der Waals surface area contributed by atoms with E-state index in [4.69, 9.17) is 11.5 Å². The van der Waals surface area contributed by atoms with Crippen LogP contribution in [0.1, 0.15) is 15.9 Å². The molecule has 0 saturated heterocycles. The van der Waals surface area contributed by atoms with Crippen LogP contribution >= 0.6 is 11.3 Å². The summed E-state index contributed by atoms with van der Waals surface area (Å²) in [5.41, 5.74) is 13.1. The first-order chi connectivity index (χ1) is 8.66. The molecule has 0 atom stereocenters. The van der Waals surface area contributed by atoms with E-state index in [-0.39, 0.29) is 5.82 Å². The Morgan fingerprint density at radius 1 is 1.50 bits per heavy atom. The molecule has 18 heavy (non-hydrogen) atoms. The molecular weight excluding hydrogens is 248 g/mol. The molecule has 0 unspecified atom stereocenters. The molecule has 0 spiro atoms. The van der Waals surface area contributed by atoms with Gasteiger partial charge in [-0.05, 0) is 34.9 Å². The first-order valence-corrected chi connectivity index (χ1v) is 6.41. The van der Waals surface area contributed by atoms with E-state index in [0.717, 1.165) is 6.42 Å². The Kier molecular flexibility index (Phi) is 3.78. The normalized spacial score (nSPS) is 10.2. The SMILES string of the molecule is NC(=O)c1cc(N)ncc1NCCc1ccsc1. The molecule has 0 fully saturated rings. The molecule has 2 aromatic rings. The second-order valence-electron chi connectivity index (χ2n) is 3.83. The van der Waals surface area contributed by atoms with Gasteiger partial charge in [0.15, 0.2) is 0 Å². The highest BCUT2D eigenvalue weighted by Crippen LogP contribution is 2.16. The molecule has 2 rings (SSSR count). The average Bonchev–Trinajstić information content (AvgIpc) is 2.84. The van der Waals surface area contributed by atoms with Crippen molar-refractivity contribution in [2.24, 2.45) is 5.73 Å². The van der Waals surface area contributed by atoms with Crippen molar-refractivity contribution in [3.05, 3.63) is 40.2 Å². The zero-order valence-corrected chi connectivity index (χ0v) is 10.5. The number of nitrogens with one attached hydrogen (secondary N) is 1. The number of nitrogen functional groups attached to an aromatic ring is 1. The van der Waals surface area contributed by atoms with Gasteiger partial charge in [0.05, 0.1) is 17.4 Å². The van der Waals surface area contributed by atoms with Crippen molar-refractivity contribution in [2.45, 2.75) is 6.42 Å². The molecule has 0 aliphatic carbocycles. The number of anilines is 2. The largest absolute Gasteiger partial charge is 0.384 e. The lowest BCUT2D eigenvalue weighted by Crippen LogP contribution is -2.16. The van der Waals surface area contributed by atoms with Crippen molar-refractivity contribution in [1.29, 1.82) is 0 Å². The van der Waals surface area contributed by atoms with Crippen LogP contribution in [0.25, 0.3) is 0 Å². The number of carbonyl (C=O) groups is 1. The summed E-state index contributed by atoms with van der Waals surface area (Å²) in [6, 6.07) is 3.55. The molecule has 0 saturated carbocycles. The van der Waals surface area contributed by atoms with E-state index in [9.17, 15) is 4.79 Å². The van der Waals surface area contributed by atoms with E-state index < -0.39 is 5.91 Å². The fourth-order valence-corrected chi connectivity index (χ4v) is 2.30. The number of nitrogens with zero attached hydrogens (tertiary/aromatic N) is 1. The minimum absolute atomic E-state index is 0.284. The second kappa shape index (κ2) is 5.50. The Hall–Kier alpha value is -2.08. The van der Waals surface area contributed by atoms with E-state index in [2.05, 4.69) is 21.7 Å². The minimum atomic E-state index is -0.512. The number of thiophene rings is 1. The lowest BCUT2D eigenvalue weighted by atomic mass is 10.2. The van der Waals surface area contributed by atoms with Gasteiger partial charge in [0.1, 0.15) is 5.82 Å². The zero-order chi connectivity index (χ0) is 13.0. The highest BCUT2D eigenvalue weighted by atomic mass is 32.1. The summed E-state index contributed by atoms with van der Waals surface area (Å²) >= 11 is 1.67. The number of rotatable bonds is 5. The fourth-order valence-electron chi connectivity index (χ4n) is 1.59. The molecule has 5 N–H and O–H groups in total. The first kappa shape index (κ1) is 12.4. The molecule has 0 aliphatic rings. The van der Waals surface area contributed by atoms with Gasteiger partial charge in [0.2, 0.25) is 0 Å². The summed E-state index contributed by atoms with van der Waals surface area (Å²) in [5.74, 6) is -0.227. The number of nitrogens with two attached hydrogens (primary N) is 2. The maximum absolute atomic E-state index is 11.3. The standard InChI is InChI=1S/C12H14N4OS/c13-11-5-9(12(14)17)10(6-16-11)15-3-1-8-2-4-18-7-8/h2,4-7,15H,1,3H2,(H2,13,16)(H2,14,17). The van der Waals surface area contributed by atoms with Crippen LogP contribution in [0.3, 0.4) is 0 Å². The molecule has 6 heteroatoms. The average molecular weight is 262 g/mol. The molecule has 2 heterocycles. The van der Waals surface area contributed by atoms with Gasteiger partial charge >= 0.3 is 0 Å². The predicted molar refractivity (Wildman–Crippen MR) is 73.7 cm³/mol. The van der Waals surface area contributed by atoms with Crippen molar-refractivity contribution >= 4 is 28.7 Å². The van der Waals surface area contributed by atoms with Gasteiger partial charge in [0, 0.05) is 6.54 Å². The van der Waals surface area contributed by atoms with E-state index in [1.54, 1.807) is 11.3 Å². The molecule has 0 aliphatic heterocycles. The summed E-state index contributed by atoms with van der Waals surface area (Å²) < 4.78 is 0.